The molecule has 2 rings (SSSR count). The number of methoxy groups -OCH3 is 1. The SMILES string of the molecule is CCCC1(C(=O)NCc2ccc(OC)cc2)CCCNC1. The van der Waals surface area contributed by atoms with Crippen molar-refractivity contribution in [2.24, 2.45) is 5.41 Å². The van der Waals surface area contributed by atoms with Crippen molar-refractivity contribution in [1.82, 2.24) is 10.6 Å². The second kappa shape index (κ2) is 7.46. The first kappa shape index (κ1) is 15.8. The van der Waals surface area contributed by atoms with Crippen molar-refractivity contribution in [3.63, 3.8) is 0 Å². The van der Waals surface area contributed by atoms with Gasteiger partial charge < -0.3 is 15.4 Å². The third-order valence-corrected chi connectivity index (χ3v) is 4.29. The number of nitrogens with one attached hydrogen (secondary N) is 2. The molecule has 0 bridgehead atoms. The zero-order valence-electron chi connectivity index (χ0n) is 13.1. The van der Waals surface area contributed by atoms with Gasteiger partial charge in [-0.2, -0.15) is 0 Å². The summed E-state index contributed by atoms with van der Waals surface area (Å²) in [6.07, 6.45) is 4.06. The Kier molecular flexibility index (Phi) is 5.62. The molecule has 2 N–H and O–H groups in total. The van der Waals surface area contributed by atoms with E-state index in [1.54, 1.807) is 7.11 Å². The topological polar surface area (TPSA) is 50.4 Å². The minimum atomic E-state index is -0.223. The Morgan fingerprint density at radius 3 is 2.71 bits per heavy atom. The molecule has 116 valence electrons. The van der Waals surface area contributed by atoms with Crippen LogP contribution in [0.4, 0.5) is 0 Å². The van der Waals surface area contributed by atoms with Crippen LogP contribution in [0, 0.1) is 5.41 Å². The van der Waals surface area contributed by atoms with Crippen LogP contribution in [-0.2, 0) is 11.3 Å². The maximum absolute atomic E-state index is 12.6. The van der Waals surface area contributed by atoms with Crippen LogP contribution < -0.4 is 15.4 Å². The summed E-state index contributed by atoms with van der Waals surface area (Å²) in [4.78, 5) is 12.6. The van der Waals surface area contributed by atoms with Crippen molar-refractivity contribution < 1.29 is 9.53 Å². The molecule has 1 atom stereocenters. The average molecular weight is 290 g/mol. The van der Waals surface area contributed by atoms with E-state index in [9.17, 15) is 4.79 Å². The van der Waals surface area contributed by atoms with Crippen LogP contribution in [0.3, 0.4) is 0 Å². The molecule has 1 aromatic rings. The molecule has 1 aliphatic heterocycles. The Morgan fingerprint density at radius 1 is 1.38 bits per heavy atom. The lowest BCUT2D eigenvalue weighted by molar-refractivity contribution is -0.132. The van der Waals surface area contributed by atoms with Crippen molar-refractivity contribution >= 4 is 5.91 Å². The number of benzene rings is 1. The number of amides is 1. The van der Waals surface area contributed by atoms with E-state index in [2.05, 4.69) is 17.6 Å². The van der Waals surface area contributed by atoms with Gasteiger partial charge in [-0.05, 0) is 43.5 Å². The van der Waals surface area contributed by atoms with Crippen molar-refractivity contribution in [2.45, 2.75) is 39.2 Å². The van der Waals surface area contributed by atoms with Gasteiger partial charge in [0.05, 0.1) is 12.5 Å². The normalized spacial score (nSPS) is 21.8. The van der Waals surface area contributed by atoms with Crippen molar-refractivity contribution in [1.29, 1.82) is 0 Å². The largest absolute Gasteiger partial charge is 0.497 e. The van der Waals surface area contributed by atoms with E-state index in [-0.39, 0.29) is 11.3 Å². The van der Waals surface area contributed by atoms with Gasteiger partial charge in [0.15, 0.2) is 0 Å². The molecule has 0 aliphatic carbocycles. The summed E-state index contributed by atoms with van der Waals surface area (Å²) in [5.74, 6) is 1.02. The molecular weight excluding hydrogens is 264 g/mol. The Bertz CT molecular complexity index is 445. The fourth-order valence-corrected chi connectivity index (χ4v) is 3.08. The molecule has 1 fully saturated rings. The molecule has 4 nitrogen and oxygen atoms in total. The average Bonchev–Trinajstić information content (AvgIpc) is 2.54. The van der Waals surface area contributed by atoms with Crippen molar-refractivity contribution in [3.05, 3.63) is 29.8 Å². The highest BCUT2D eigenvalue weighted by molar-refractivity contribution is 5.83. The molecule has 1 heterocycles. The van der Waals surface area contributed by atoms with E-state index < -0.39 is 0 Å². The zero-order valence-corrected chi connectivity index (χ0v) is 13.1. The predicted molar refractivity (Wildman–Crippen MR) is 84.3 cm³/mol. The molecule has 1 aromatic carbocycles. The summed E-state index contributed by atoms with van der Waals surface area (Å²) in [7, 11) is 1.65. The molecule has 21 heavy (non-hydrogen) atoms. The van der Waals surface area contributed by atoms with Crippen LogP contribution in [0.5, 0.6) is 5.75 Å². The van der Waals surface area contributed by atoms with Crippen LogP contribution >= 0.6 is 0 Å². The van der Waals surface area contributed by atoms with Crippen LogP contribution in [0.2, 0.25) is 0 Å². The second-order valence-electron chi connectivity index (χ2n) is 5.84. The van der Waals surface area contributed by atoms with Crippen LogP contribution in [-0.4, -0.2) is 26.1 Å². The lowest BCUT2D eigenvalue weighted by Gasteiger charge is -2.36. The van der Waals surface area contributed by atoms with Gasteiger partial charge in [-0.3, -0.25) is 4.79 Å². The second-order valence-corrected chi connectivity index (χ2v) is 5.84. The molecule has 4 heteroatoms. The summed E-state index contributed by atoms with van der Waals surface area (Å²) >= 11 is 0. The van der Waals surface area contributed by atoms with Crippen LogP contribution in [0.15, 0.2) is 24.3 Å². The minimum Gasteiger partial charge on any atom is -0.497 e. The van der Waals surface area contributed by atoms with Gasteiger partial charge in [-0.25, -0.2) is 0 Å². The zero-order chi connectivity index (χ0) is 15.1. The number of rotatable bonds is 6. The fraction of sp³-hybridized carbons (Fsp3) is 0.588. The lowest BCUT2D eigenvalue weighted by atomic mass is 9.76. The molecule has 1 saturated heterocycles. The van der Waals surface area contributed by atoms with Crippen molar-refractivity contribution in [3.8, 4) is 5.75 Å². The first-order valence-corrected chi connectivity index (χ1v) is 7.82. The van der Waals surface area contributed by atoms with E-state index >= 15 is 0 Å². The minimum absolute atomic E-state index is 0.187. The molecular formula is C17H26N2O2. The van der Waals surface area contributed by atoms with Gasteiger partial charge in [0.2, 0.25) is 5.91 Å². The summed E-state index contributed by atoms with van der Waals surface area (Å²) in [5, 5.41) is 6.49. The molecule has 1 unspecified atom stereocenters. The summed E-state index contributed by atoms with van der Waals surface area (Å²) < 4.78 is 5.14. The van der Waals surface area contributed by atoms with E-state index in [1.807, 2.05) is 24.3 Å². The lowest BCUT2D eigenvalue weighted by Crippen LogP contribution is -2.50. The Balaban J connectivity index is 1.94. The first-order valence-electron chi connectivity index (χ1n) is 7.82. The summed E-state index contributed by atoms with van der Waals surface area (Å²) in [5.41, 5.74) is 0.874. The third kappa shape index (κ3) is 3.97. The highest BCUT2D eigenvalue weighted by atomic mass is 16.5. The van der Waals surface area contributed by atoms with Crippen LogP contribution in [0.25, 0.3) is 0 Å². The highest BCUT2D eigenvalue weighted by Gasteiger charge is 2.38. The van der Waals surface area contributed by atoms with Gasteiger partial charge in [0, 0.05) is 13.1 Å². The molecule has 0 aromatic heterocycles. The maximum Gasteiger partial charge on any atom is 0.227 e. The highest BCUT2D eigenvalue weighted by Crippen LogP contribution is 2.32. The predicted octanol–water partition coefficient (Wildman–Crippen LogP) is 2.48. The van der Waals surface area contributed by atoms with Gasteiger partial charge in [-0.1, -0.05) is 25.5 Å². The molecule has 0 spiro atoms. The van der Waals surface area contributed by atoms with E-state index in [0.717, 1.165) is 50.1 Å². The molecule has 1 aliphatic rings. The van der Waals surface area contributed by atoms with Crippen molar-refractivity contribution in [2.75, 3.05) is 20.2 Å². The Labute approximate surface area is 127 Å². The van der Waals surface area contributed by atoms with E-state index in [1.165, 1.54) is 0 Å². The summed E-state index contributed by atoms with van der Waals surface area (Å²) in [6.45, 7) is 4.55. The van der Waals surface area contributed by atoms with E-state index in [4.69, 9.17) is 4.74 Å². The number of carbonyl (C=O) groups is 1. The van der Waals surface area contributed by atoms with Gasteiger partial charge in [-0.15, -0.1) is 0 Å². The molecule has 1 amide bonds. The standard InChI is InChI=1S/C17H26N2O2/c1-3-9-17(10-4-11-18-13-17)16(20)19-12-14-5-7-15(21-2)8-6-14/h5-8,18H,3-4,9-13H2,1-2H3,(H,19,20). The van der Waals surface area contributed by atoms with Gasteiger partial charge in [0.25, 0.3) is 0 Å². The quantitative estimate of drug-likeness (QED) is 0.846. The summed E-state index contributed by atoms with van der Waals surface area (Å²) in [6, 6.07) is 7.83. The number of carbonyl (C=O) groups excluding carboxylic acids is 1. The number of hydrogen-bond acceptors (Lipinski definition) is 3. The molecule has 0 radical (unpaired) electrons. The van der Waals surface area contributed by atoms with Gasteiger partial charge >= 0.3 is 0 Å². The monoisotopic (exact) mass is 290 g/mol. The van der Waals surface area contributed by atoms with Gasteiger partial charge in [0.1, 0.15) is 5.75 Å². The fourth-order valence-electron chi connectivity index (χ4n) is 3.08. The Hall–Kier alpha value is -1.55. The smallest absolute Gasteiger partial charge is 0.227 e. The Morgan fingerprint density at radius 2 is 2.14 bits per heavy atom. The van der Waals surface area contributed by atoms with Crippen LogP contribution in [0.1, 0.15) is 38.2 Å². The third-order valence-electron chi connectivity index (χ3n) is 4.29. The maximum atomic E-state index is 12.6. The first-order chi connectivity index (χ1) is 10.2. The molecule has 0 saturated carbocycles. The number of hydrogen-bond donors (Lipinski definition) is 2. The number of ether oxygens (including phenoxy) is 1. The number of piperidine rings is 1. The van der Waals surface area contributed by atoms with E-state index in [0.29, 0.717) is 6.54 Å².